The van der Waals surface area contributed by atoms with Gasteiger partial charge in [0, 0.05) is 37.2 Å². The number of ether oxygens (including phenoxy) is 2. The Morgan fingerprint density at radius 2 is 1.70 bits per heavy atom. The molecule has 2 fully saturated rings. The summed E-state index contributed by atoms with van der Waals surface area (Å²) in [6.45, 7) is 4.15. The lowest BCUT2D eigenvalue weighted by Crippen LogP contribution is -2.48. The lowest BCUT2D eigenvalue weighted by Gasteiger charge is -2.26. The van der Waals surface area contributed by atoms with E-state index >= 15 is 0 Å². The van der Waals surface area contributed by atoms with Crippen molar-refractivity contribution in [3.05, 3.63) is 28.7 Å². The van der Waals surface area contributed by atoms with E-state index < -0.39 is 28.1 Å². The average molecular weight is 505 g/mol. The van der Waals surface area contributed by atoms with Crippen LogP contribution in [0.2, 0.25) is 0 Å². The largest absolute Gasteiger partial charge is 0.379 e. The maximum atomic E-state index is 12.9. The molecule has 0 radical (unpaired) electrons. The van der Waals surface area contributed by atoms with Gasteiger partial charge < -0.3 is 20.1 Å². The highest BCUT2D eigenvalue weighted by atomic mass is 79.9. The van der Waals surface area contributed by atoms with E-state index in [0.29, 0.717) is 26.3 Å². The minimum Gasteiger partial charge on any atom is -0.379 e. The maximum Gasteiger partial charge on any atom is 0.309 e. The van der Waals surface area contributed by atoms with Gasteiger partial charge in [0.1, 0.15) is 6.23 Å². The lowest BCUT2D eigenvalue weighted by atomic mass is 10.4. The van der Waals surface area contributed by atoms with Gasteiger partial charge in [-0.05, 0) is 24.3 Å². The van der Waals surface area contributed by atoms with Crippen molar-refractivity contribution >= 4 is 37.8 Å². The molecule has 0 aliphatic carbocycles. The summed E-state index contributed by atoms with van der Waals surface area (Å²) in [5.74, 6) is -1.59. The molecule has 2 aliphatic heterocycles. The third-order valence-corrected chi connectivity index (χ3v) is 7.26. The summed E-state index contributed by atoms with van der Waals surface area (Å²) in [6.07, 6.45) is -0.872. The summed E-state index contributed by atoms with van der Waals surface area (Å²) < 4.78 is 38.4. The zero-order valence-electron chi connectivity index (χ0n) is 16.4. The van der Waals surface area contributed by atoms with E-state index in [0.717, 1.165) is 17.6 Å². The fraction of sp³-hybridized carbons (Fsp3) is 0.556. The Kier molecular flexibility index (Phi) is 8.20. The first-order chi connectivity index (χ1) is 14.4. The first-order valence-corrected chi connectivity index (χ1v) is 11.9. The van der Waals surface area contributed by atoms with Crippen LogP contribution in [0.3, 0.4) is 0 Å². The van der Waals surface area contributed by atoms with Crippen molar-refractivity contribution in [3.8, 4) is 0 Å². The number of nitrogens with one attached hydrogen (secondary N) is 2. The molecule has 0 saturated carbocycles. The van der Waals surface area contributed by atoms with Crippen molar-refractivity contribution < 1.29 is 27.5 Å². The summed E-state index contributed by atoms with van der Waals surface area (Å²) in [7, 11) is -3.78. The van der Waals surface area contributed by atoms with Crippen molar-refractivity contribution in [2.45, 2.75) is 11.1 Å². The molecule has 0 spiro atoms. The second-order valence-electron chi connectivity index (χ2n) is 6.82. The number of halogens is 1. The molecule has 2 amide bonds. The number of hydrogen-bond donors (Lipinski definition) is 2. The molecule has 2 aliphatic rings. The Balaban J connectivity index is 1.47. The third-order valence-electron chi connectivity index (χ3n) is 4.82. The molecule has 1 atom stereocenters. The molecule has 10 nitrogen and oxygen atoms in total. The van der Waals surface area contributed by atoms with Crippen LogP contribution in [0.25, 0.3) is 0 Å². The minimum atomic E-state index is -3.78. The highest BCUT2D eigenvalue weighted by molar-refractivity contribution is 9.10. The molecule has 0 bridgehead atoms. The number of benzene rings is 1. The minimum absolute atomic E-state index is 0.120. The van der Waals surface area contributed by atoms with Crippen LogP contribution in [0.4, 0.5) is 0 Å². The van der Waals surface area contributed by atoms with Gasteiger partial charge in [-0.15, -0.1) is 0 Å². The van der Waals surface area contributed by atoms with E-state index in [-0.39, 0.29) is 24.6 Å². The Bertz CT molecular complexity index is 845. The van der Waals surface area contributed by atoms with Crippen molar-refractivity contribution in [2.24, 2.45) is 0 Å². The van der Waals surface area contributed by atoms with Crippen LogP contribution >= 0.6 is 15.9 Å². The predicted octanol–water partition coefficient (Wildman–Crippen LogP) is -0.639. The van der Waals surface area contributed by atoms with Crippen molar-refractivity contribution in [2.75, 3.05) is 59.1 Å². The van der Waals surface area contributed by atoms with Gasteiger partial charge in [-0.3, -0.25) is 14.5 Å². The Labute approximate surface area is 184 Å². The molecule has 2 N–H and O–H groups in total. The molecule has 2 heterocycles. The van der Waals surface area contributed by atoms with E-state index in [1.165, 1.54) is 16.4 Å². The molecule has 0 unspecified atom stereocenters. The Morgan fingerprint density at radius 3 is 2.40 bits per heavy atom. The highest BCUT2D eigenvalue weighted by Gasteiger charge is 2.36. The number of rotatable bonds is 7. The molecule has 3 rings (SSSR count). The van der Waals surface area contributed by atoms with E-state index in [1.807, 2.05) is 0 Å². The second kappa shape index (κ2) is 10.6. The van der Waals surface area contributed by atoms with Gasteiger partial charge in [-0.2, -0.15) is 4.31 Å². The molecular weight excluding hydrogens is 480 g/mol. The summed E-state index contributed by atoms with van der Waals surface area (Å²) in [6, 6.07) is 6.27. The van der Waals surface area contributed by atoms with E-state index in [2.05, 4.69) is 31.5 Å². The van der Waals surface area contributed by atoms with E-state index in [9.17, 15) is 18.0 Å². The lowest BCUT2D eigenvalue weighted by molar-refractivity contribution is -0.139. The van der Waals surface area contributed by atoms with Crippen LogP contribution in [-0.4, -0.2) is 94.8 Å². The number of morpholine rings is 1. The molecule has 166 valence electrons. The fourth-order valence-corrected chi connectivity index (χ4v) is 4.95. The summed E-state index contributed by atoms with van der Waals surface area (Å²) in [4.78, 5) is 26.3. The Hall–Kier alpha value is -1.57. The maximum absolute atomic E-state index is 12.9. The zero-order valence-corrected chi connectivity index (χ0v) is 18.8. The average Bonchev–Trinajstić information content (AvgIpc) is 3.22. The van der Waals surface area contributed by atoms with Crippen LogP contribution in [0.15, 0.2) is 33.6 Å². The van der Waals surface area contributed by atoms with Gasteiger partial charge in [0.2, 0.25) is 10.0 Å². The zero-order chi connectivity index (χ0) is 21.6. The molecule has 30 heavy (non-hydrogen) atoms. The predicted molar refractivity (Wildman–Crippen MR) is 111 cm³/mol. The monoisotopic (exact) mass is 504 g/mol. The van der Waals surface area contributed by atoms with Gasteiger partial charge in [-0.1, -0.05) is 15.9 Å². The van der Waals surface area contributed by atoms with Crippen LogP contribution in [-0.2, 0) is 29.1 Å². The number of nitrogens with zero attached hydrogens (tertiary/aromatic N) is 2. The molecule has 1 aromatic carbocycles. The number of carbonyl (C=O) groups excluding carboxylic acids is 2. The standard InChI is InChI=1S/C18H25BrN4O6S/c19-14-1-3-15(4-2-14)30(26,27)23-9-12-29-16(23)13-21-18(25)17(24)20-5-6-22-7-10-28-11-8-22/h1-4,16H,5-13H2,(H,20,24)(H,21,25)/t16-/m0/s1. The van der Waals surface area contributed by atoms with E-state index in [4.69, 9.17) is 9.47 Å². The van der Waals surface area contributed by atoms with Gasteiger partial charge in [-0.25, -0.2) is 8.42 Å². The van der Waals surface area contributed by atoms with Crippen LogP contribution in [0, 0.1) is 0 Å². The van der Waals surface area contributed by atoms with Crippen molar-refractivity contribution in [1.82, 2.24) is 19.8 Å². The number of amides is 2. The second-order valence-corrected chi connectivity index (χ2v) is 9.62. The van der Waals surface area contributed by atoms with Gasteiger partial charge >= 0.3 is 11.8 Å². The quantitative estimate of drug-likeness (QED) is 0.474. The van der Waals surface area contributed by atoms with Gasteiger partial charge in [0.15, 0.2) is 0 Å². The third kappa shape index (κ3) is 5.99. The SMILES string of the molecule is O=C(NCCN1CCOCC1)C(=O)NC[C@@H]1OCCN1S(=O)(=O)c1ccc(Br)cc1. The van der Waals surface area contributed by atoms with Gasteiger partial charge in [0.25, 0.3) is 0 Å². The topological polar surface area (TPSA) is 117 Å². The Morgan fingerprint density at radius 1 is 1.03 bits per heavy atom. The highest BCUT2D eigenvalue weighted by Crippen LogP contribution is 2.23. The van der Waals surface area contributed by atoms with Gasteiger partial charge in [0.05, 0.1) is 31.3 Å². The van der Waals surface area contributed by atoms with Crippen molar-refractivity contribution in [3.63, 3.8) is 0 Å². The molecule has 1 aromatic rings. The number of carbonyl (C=O) groups is 2. The summed E-state index contributed by atoms with van der Waals surface area (Å²) in [5, 5.41) is 5.02. The first-order valence-electron chi connectivity index (χ1n) is 9.63. The molecule has 0 aromatic heterocycles. The smallest absolute Gasteiger partial charge is 0.309 e. The van der Waals surface area contributed by atoms with Crippen molar-refractivity contribution in [1.29, 1.82) is 0 Å². The number of sulfonamides is 1. The summed E-state index contributed by atoms with van der Waals surface area (Å²) in [5.41, 5.74) is 0. The molecular formula is C18H25BrN4O6S. The summed E-state index contributed by atoms with van der Waals surface area (Å²) >= 11 is 3.28. The number of hydrogen-bond acceptors (Lipinski definition) is 7. The fourth-order valence-electron chi connectivity index (χ4n) is 3.18. The first kappa shape index (κ1) is 23.1. The van der Waals surface area contributed by atoms with Crippen LogP contribution in [0.1, 0.15) is 0 Å². The normalized spacial score (nSPS) is 20.8. The van der Waals surface area contributed by atoms with Crippen LogP contribution in [0.5, 0.6) is 0 Å². The van der Waals surface area contributed by atoms with Crippen LogP contribution < -0.4 is 10.6 Å². The molecule has 12 heteroatoms. The van der Waals surface area contributed by atoms with E-state index in [1.54, 1.807) is 12.1 Å². The molecule has 2 saturated heterocycles.